The average molecular weight is 290 g/mol. The van der Waals surface area contributed by atoms with Gasteiger partial charge in [0.15, 0.2) is 5.75 Å². The summed E-state index contributed by atoms with van der Waals surface area (Å²) in [7, 11) is 0. The predicted molar refractivity (Wildman–Crippen MR) is 77.7 cm³/mol. The second-order valence-electron chi connectivity index (χ2n) is 4.57. The van der Waals surface area contributed by atoms with Crippen molar-refractivity contribution in [3.8, 4) is 5.75 Å². The summed E-state index contributed by atoms with van der Waals surface area (Å²) in [4.78, 5) is 10.2. The third-order valence-electron chi connectivity index (χ3n) is 2.94. The number of nitro benzene ring substituents is 1. The van der Waals surface area contributed by atoms with E-state index in [4.69, 9.17) is 10.5 Å². The lowest BCUT2D eigenvalue weighted by atomic mass is 10.1. The van der Waals surface area contributed by atoms with Gasteiger partial charge in [0.2, 0.25) is 0 Å². The van der Waals surface area contributed by atoms with Gasteiger partial charge >= 0.3 is 5.69 Å². The van der Waals surface area contributed by atoms with Crippen LogP contribution in [0, 0.1) is 15.9 Å². The van der Waals surface area contributed by atoms with Gasteiger partial charge in [0.05, 0.1) is 17.6 Å². The molecule has 0 heterocycles. The molecule has 2 aromatic rings. The Balaban J connectivity index is 1.90. The van der Waals surface area contributed by atoms with Crippen molar-refractivity contribution in [1.82, 2.24) is 0 Å². The maximum absolute atomic E-state index is 13.0. The number of halogens is 1. The first-order valence-corrected chi connectivity index (χ1v) is 6.47. The zero-order valence-corrected chi connectivity index (χ0v) is 11.3. The Labute approximate surface area is 121 Å². The highest BCUT2D eigenvalue weighted by Gasteiger charge is 2.15. The molecule has 0 amide bonds. The Kier molecular flexibility index (Phi) is 4.71. The summed E-state index contributed by atoms with van der Waals surface area (Å²) in [6.07, 6.45) is 1.43. The molecule has 2 aromatic carbocycles. The van der Waals surface area contributed by atoms with Crippen LogP contribution in [0.5, 0.6) is 5.75 Å². The SMILES string of the molecule is Nc1cccc(CCCOc2ccc(F)cc2[N+](=O)[O-])c1. The smallest absolute Gasteiger partial charge is 0.313 e. The highest BCUT2D eigenvalue weighted by Crippen LogP contribution is 2.27. The number of aryl methyl sites for hydroxylation is 1. The highest BCUT2D eigenvalue weighted by molar-refractivity contribution is 5.46. The van der Waals surface area contributed by atoms with E-state index in [0.717, 1.165) is 24.1 Å². The lowest BCUT2D eigenvalue weighted by Gasteiger charge is -2.07. The number of hydrogen-bond donors (Lipinski definition) is 1. The molecule has 0 aromatic heterocycles. The fourth-order valence-electron chi connectivity index (χ4n) is 1.96. The van der Waals surface area contributed by atoms with Crippen molar-refractivity contribution in [2.75, 3.05) is 12.3 Å². The molecule has 0 atom stereocenters. The fraction of sp³-hybridized carbons (Fsp3) is 0.200. The van der Waals surface area contributed by atoms with Crippen molar-refractivity contribution in [2.24, 2.45) is 0 Å². The molecule has 0 spiro atoms. The van der Waals surface area contributed by atoms with Crippen LogP contribution in [0.15, 0.2) is 42.5 Å². The molecule has 110 valence electrons. The molecule has 6 heteroatoms. The molecule has 0 fully saturated rings. The van der Waals surface area contributed by atoms with E-state index in [0.29, 0.717) is 18.7 Å². The number of nitro groups is 1. The van der Waals surface area contributed by atoms with Crippen molar-refractivity contribution in [3.63, 3.8) is 0 Å². The summed E-state index contributed by atoms with van der Waals surface area (Å²) in [5, 5.41) is 10.8. The van der Waals surface area contributed by atoms with E-state index in [1.54, 1.807) is 0 Å². The molecule has 0 saturated carbocycles. The number of nitrogens with zero attached hydrogens (tertiary/aromatic N) is 1. The van der Waals surface area contributed by atoms with Crippen LogP contribution in [0.4, 0.5) is 15.8 Å². The van der Waals surface area contributed by atoms with Crippen molar-refractivity contribution in [3.05, 3.63) is 64.0 Å². The van der Waals surface area contributed by atoms with Gasteiger partial charge in [-0.1, -0.05) is 12.1 Å². The Morgan fingerprint density at radius 2 is 2.05 bits per heavy atom. The molecule has 0 radical (unpaired) electrons. The summed E-state index contributed by atoms with van der Waals surface area (Å²) in [5.41, 5.74) is 7.09. The van der Waals surface area contributed by atoms with Crippen molar-refractivity contribution >= 4 is 11.4 Å². The average Bonchev–Trinajstić information content (AvgIpc) is 2.44. The molecular weight excluding hydrogens is 275 g/mol. The Bertz CT molecular complexity index is 647. The quantitative estimate of drug-likeness (QED) is 0.383. The second kappa shape index (κ2) is 6.69. The maximum atomic E-state index is 13.0. The summed E-state index contributed by atoms with van der Waals surface area (Å²) >= 11 is 0. The second-order valence-corrected chi connectivity index (χ2v) is 4.57. The van der Waals surface area contributed by atoms with E-state index < -0.39 is 10.7 Å². The number of benzene rings is 2. The summed E-state index contributed by atoms with van der Waals surface area (Å²) in [6.45, 7) is 0.307. The molecule has 0 saturated heterocycles. The van der Waals surface area contributed by atoms with E-state index in [1.165, 1.54) is 6.07 Å². The van der Waals surface area contributed by atoms with Crippen LogP contribution < -0.4 is 10.5 Å². The molecule has 0 unspecified atom stereocenters. The van der Waals surface area contributed by atoms with Gasteiger partial charge in [-0.3, -0.25) is 10.1 Å². The van der Waals surface area contributed by atoms with Crippen LogP contribution in [-0.2, 0) is 6.42 Å². The first-order valence-electron chi connectivity index (χ1n) is 6.47. The number of anilines is 1. The van der Waals surface area contributed by atoms with Gasteiger partial charge in [-0.05, 0) is 42.7 Å². The van der Waals surface area contributed by atoms with Gasteiger partial charge in [-0.15, -0.1) is 0 Å². The minimum atomic E-state index is -0.659. The lowest BCUT2D eigenvalue weighted by Crippen LogP contribution is -2.02. The number of nitrogens with two attached hydrogens (primary N) is 1. The number of hydrogen-bond acceptors (Lipinski definition) is 4. The Morgan fingerprint density at radius 3 is 2.76 bits per heavy atom. The normalized spacial score (nSPS) is 10.3. The molecule has 2 N–H and O–H groups in total. The molecule has 2 rings (SSSR count). The zero-order chi connectivity index (χ0) is 15.2. The van der Waals surface area contributed by atoms with Crippen LogP contribution in [0.1, 0.15) is 12.0 Å². The van der Waals surface area contributed by atoms with E-state index in [1.807, 2.05) is 24.3 Å². The standard InChI is InChI=1S/C15H15FN2O3/c16-12-6-7-15(14(10-12)18(19)20)21-8-2-4-11-3-1-5-13(17)9-11/h1,3,5-7,9-10H,2,4,8,17H2. The van der Waals surface area contributed by atoms with Crippen LogP contribution in [0.25, 0.3) is 0 Å². The van der Waals surface area contributed by atoms with Gasteiger partial charge in [-0.25, -0.2) is 4.39 Å². The van der Waals surface area contributed by atoms with Crippen LogP contribution in [0.3, 0.4) is 0 Å². The van der Waals surface area contributed by atoms with Crippen molar-refractivity contribution in [1.29, 1.82) is 0 Å². The summed E-state index contributed by atoms with van der Waals surface area (Å²) in [6, 6.07) is 10.8. The Morgan fingerprint density at radius 1 is 1.24 bits per heavy atom. The fourth-order valence-corrected chi connectivity index (χ4v) is 1.96. The van der Waals surface area contributed by atoms with E-state index in [-0.39, 0.29) is 11.4 Å². The monoisotopic (exact) mass is 290 g/mol. The van der Waals surface area contributed by atoms with Crippen molar-refractivity contribution in [2.45, 2.75) is 12.8 Å². The molecular formula is C15H15FN2O3. The third-order valence-corrected chi connectivity index (χ3v) is 2.94. The topological polar surface area (TPSA) is 78.4 Å². The maximum Gasteiger partial charge on any atom is 0.313 e. The summed E-state index contributed by atoms with van der Waals surface area (Å²) in [5.74, 6) is -0.581. The Hall–Kier alpha value is -2.63. The number of nitrogen functional groups attached to an aromatic ring is 1. The van der Waals surface area contributed by atoms with Crippen molar-refractivity contribution < 1.29 is 14.1 Å². The van der Waals surface area contributed by atoms with Gasteiger partial charge < -0.3 is 10.5 Å². The van der Waals surface area contributed by atoms with Gasteiger partial charge in [0.25, 0.3) is 0 Å². The first kappa shape index (κ1) is 14.8. The van der Waals surface area contributed by atoms with E-state index in [9.17, 15) is 14.5 Å². The minimum absolute atomic E-state index is 0.0778. The highest BCUT2D eigenvalue weighted by atomic mass is 19.1. The number of ether oxygens (including phenoxy) is 1. The molecule has 5 nitrogen and oxygen atoms in total. The predicted octanol–water partition coefficient (Wildman–Crippen LogP) is 3.33. The molecule has 0 aliphatic carbocycles. The molecule has 21 heavy (non-hydrogen) atoms. The van der Waals surface area contributed by atoms with Gasteiger partial charge in [0, 0.05) is 5.69 Å². The number of rotatable bonds is 6. The summed E-state index contributed by atoms with van der Waals surface area (Å²) < 4.78 is 18.3. The van der Waals surface area contributed by atoms with Gasteiger partial charge in [0.1, 0.15) is 5.82 Å². The zero-order valence-electron chi connectivity index (χ0n) is 11.3. The van der Waals surface area contributed by atoms with E-state index >= 15 is 0 Å². The minimum Gasteiger partial charge on any atom is -0.487 e. The van der Waals surface area contributed by atoms with Crippen LogP contribution in [-0.4, -0.2) is 11.5 Å². The molecule has 0 aliphatic rings. The first-order chi connectivity index (χ1) is 10.1. The van der Waals surface area contributed by atoms with Crippen LogP contribution in [0.2, 0.25) is 0 Å². The van der Waals surface area contributed by atoms with Gasteiger partial charge in [-0.2, -0.15) is 0 Å². The molecule has 0 aliphatic heterocycles. The largest absolute Gasteiger partial charge is 0.487 e. The van der Waals surface area contributed by atoms with E-state index in [2.05, 4.69) is 0 Å². The lowest BCUT2D eigenvalue weighted by molar-refractivity contribution is -0.386. The molecule has 0 bridgehead atoms. The van der Waals surface area contributed by atoms with Crippen LogP contribution >= 0.6 is 0 Å². The third kappa shape index (κ3) is 4.17.